The van der Waals surface area contributed by atoms with E-state index < -0.39 is 24.0 Å². The van der Waals surface area contributed by atoms with Gasteiger partial charge in [-0.1, -0.05) is 0 Å². The van der Waals surface area contributed by atoms with E-state index in [1.54, 1.807) is 20.8 Å². The summed E-state index contributed by atoms with van der Waals surface area (Å²) in [5.41, 5.74) is -0.583. The van der Waals surface area contributed by atoms with Gasteiger partial charge in [0.05, 0.1) is 0 Å². The van der Waals surface area contributed by atoms with Gasteiger partial charge in [0, 0.05) is 0 Å². The molecule has 1 heterocycles. The zero-order chi connectivity index (χ0) is 11.5. The standard InChI is InChI=1S/C9H15NO5/c1-9(2,3)15-8(12)10-7-6(4-11)13-5-14-7/h4,6-7H,5H2,1-3H3,(H,10,12). The van der Waals surface area contributed by atoms with E-state index in [2.05, 4.69) is 5.32 Å². The number of ether oxygens (including phenoxy) is 3. The average Bonchev–Trinajstić information content (AvgIpc) is 2.48. The van der Waals surface area contributed by atoms with Crippen LogP contribution in [0.3, 0.4) is 0 Å². The van der Waals surface area contributed by atoms with Crippen molar-refractivity contribution in [2.24, 2.45) is 0 Å². The molecule has 0 aliphatic carbocycles. The number of aldehydes is 1. The summed E-state index contributed by atoms with van der Waals surface area (Å²) in [6.07, 6.45) is -1.59. The van der Waals surface area contributed by atoms with Crippen LogP contribution in [0, 0.1) is 0 Å². The van der Waals surface area contributed by atoms with Crippen molar-refractivity contribution >= 4 is 12.4 Å². The second-order valence-electron chi connectivity index (χ2n) is 4.12. The molecule has 0 bridgehead atoms. The third kappa shape index (κ3) is 3.85. The molecule has 86 valence electrons. The lowest BCUT2D eigenvalue weighted by Crippen LogP contribution is -2.44. The lowest BCUT2D eigenvalue weighted by Gasteiger charge is -2.21. The van der Waals surface area contributed by atoms with Crippen LogP contribution in [0.4, 0.5) is 4.79 Å². The molecule has 0 aromatic heterocycles. The zero-order valence-electron chi connectivity index (χ0n) is 8.98. The highest BCUT2D eigenvalue weighted by atomic mass is 16.7. The second-order valence-corrected chi connectivity index (χ2v) is 4.12. The molecule has 1 amide bonds. The Labute approximate surface area is 87.9 Å². The lowest BCUT2D eigenvalue weighted by atomic mass is 10.2. The van der Waals surface area contributed by atoms with Gasteiger partial charge >= 0.3 is 6.09 Å². The summed E-state index contributed by atoms with van der Waals surface area (Å²) < 4.78 is 14.9. The highest BCUT2D eigenvalue weighted by Gasteiger charge is 2.31. The van der Waals surface area contributed by atoms with Gasteiger partial charge in [0.25, 0.3) is 0 Å². The zero-order valence-corrected chi connectivity index (χ0v) is 8.98. The number of rotatable bonds is 2. The molecule has 0 aromatic carbocycles. The first-order valence-corrected chi connectivity index (χ1v) is 4.60. The minimum absolute atomic E-state index is 0.0100. The Morgan fingerprint density at radius 2 is 2.13 bits per heavy atom. The van der Waals surface area contributed by atoms with Crippen molar-refractivity contribution in [2.75, 3.05) is 6.79 Å². The van der Waals surface area contributed by atoms with Crippen LogP contribution in [-0.2, 0) is 19.0 Å². The fourth-order valence-electron chi connectivity index (χ4n) is 1.03. The van der Waals surface area contributed by atoms with Gasteiger partial charge in [-0.15, -0.1) is 0 Å². The van der Waals surface area contributed by atoms with Gasteiger partial charge in [-0.3, -0.25) is 5.32 Å². The van der Waals surface area contributed by atoms with Crippen LogP contribution in [0.25, 0.3) is 0 Å². The van der Waals surface area contributed by atoms with Crippen LogP contribution in [0.15, 0.2) is 0 Å². The molecule has 6 nitrogen and oxygen atoms in total. The average molecular weight is 217 g/mol. The van der Waals surface area contributed by atoms with Crippen molar-refractivity contribution < 1.29 is 23.8 Å². The fraction of sp³-hybridized carbons (Fsp3) is 0.778. The molecule has 1 N–H and O–H groups in total. The van der Waals surface area contributed by atoms with Gasteiger partial charge in [-0.25, -0.2) is 4.79 Å². The van der Waals surface area contributed by atoms with Gasteiger partial charge in [-0.2, -0.15) is 0 Å². The molecule has 0 spiro atoms. The maximum Gasteiger partial charge on any atom is 0.409 e. The molecule has 2 atom stereocenters. The summed E-state index contributed by atoms with van der Waals surface area (Å²) in [7, 11) is 0. The van der Waals surface area contributed by atoms with E-state index in [-0.39, 0.29) is 6.79 Å². The molecule has 0 radical (unpaired) electrons. The number of hydrogen-bond donors (Lipinski definition) is 1. The monoisotopic (exact) mass is 217 g/mol. The van der Waals surface area contributed by atoms with Crippen molar-refractivity contribution in [1.82, 2.24) is 5.32 Å². The number of carbonyl (C=O) groups excluding carboxylic acids is 2. The molecule has 0 aromatic rings. The predicted molar refractivity (Wildman–Crippen MR) is 50.0 cm³/mol. The number of nitrogens with one attached hydrogen (secondary N) is 1. The van der Waals surface area contributed by atoms with E-state index in [4.69, 9.17) is 14.2 Å². The Balaban J connectivity index is 2.41. The highest BCUT2D eigenvalue weighted by molar-refractivity contribution is 5.69. The molecule has 6 heteroatoms. The highest BCUT2D eigenvalue weighted by Crippen LogP contribution is 2.11. The van der Waals surface area contributed by atoms with Crippen molar-refractivity contribution in [3.63, 3.8) is 0 Å². The Morgan fingerprint density at radius 1 is 1.47 bits per heavy atom. The molecule has 2 unspecified atom stereocenters. The summed E-state index contributed by atoms with van der Waals surface area (Å²) >= 11 is 0. The molecule has 1 aliphatic rings. The third-order valence-electron chi connectivity index (χ3n) is 1.60. The molecule has 1 fully saturated rings. The Bertz CT molecular complexity index is 247. The number of hydrogen-bond acceptors (Lipinski definition) is 5. The Hall–Kier alpha value is -1.14. The van der Waals surface area contributed by atoms with Gasteiger partial charge in [-0.05, 0) is 20.8 Å². The van der Waals surface area contributed by atoms with Crippen LogP contribution >= 0.6 is 0 Å². The van der Waals surface area contributed by atoms with Crippen LogP contribution in [-0.4, -0.2) is 37.1 Å². The lowest BCUT2D eigenvalue weighted by molar-refractivity contribution is -0.116. The van der Waals surface area contributed by atoms with E-state index in [0.29, 0.717) is 6.29 Å². The first kappa shape index (κ1) is 11.9. The van der Waals surface area contributed by atoms with Gasteiger partial charge in [0.2, 0.25) is 0 Å². The summed E-state index contributed by atoms with van der Waals surface area (Å²) in [6, 6.07) is 0. The largest absolute Gasteiger partial charge is 0.444 e. The van der Waals surface area contributed by atoms with E-state index >= 15 is 0 Å². The summed E-state index contributed by atoms with van der Waals surface area (Å²) in [4.78, 5) is 21.8. The minimum atomic E-state index is -0.766. The molecular weight excluding hydrogens is 202 g/mol. The van der Waals surface area contributed by atoms with E-state index in [9.17, 15) is 9.59 Å². The first-order valence-electron chi connectivity index (χ1n) is 4.60. The van der Waals surface area contributed by atoms with E-state index in [0.717, 1.165) is 0 Å². The maximum absolute atomic E-state index is 11.3. The van der Waals surface area contributed by atoms with Crippen molar-refractivity contribution in [2.45, 2.75) is 38.7 Å². The van der Waals surface area contributed by atoms with E-state index in [1.165, 1.54) is 0 Å². The quantitative estimate of drug-likeness (QED) is 0.678. The molecule has 0 saturated carbocycles. The van der Waals surface area contributed by atoms with Crippen LogP contribution in [0.5, 0.6) is 0 Å². The maximum atomic E-state index is 11.3. The van der Waals surface area contributed by atoms with Crippen LogP contribution in [0.1, 0.15) is 20.8 Å². The fourth-order valence-corrected chi connectivity index (χ4v) is 1.03. The van der Waals surface area contributed by atoms with Gasteiger partial charge in [0.15, 0.2) is 25.4 Å². The molecule has 1 aliphatic heterocycles. The van der Waals surface area contributed by atoms with Crippen LogP contribution < -0.4 is 5.32 Å². The molecular formula is C9H15NO5. The number of amides is 1. The normalized spacial score (nSPS) is 26.1. The number of alkyl carbamates (subject to hydrolysis) is 1. The second kappa shape index (κ2) is 4.59. The smallest absolute Gasteiger partial charge is 0.409 e. The number of carbonyl (C=O) groups is 2. The first-order chi connectivity index (χ1) is 6.92. The molecule has 1 rings (SSSR count). The van der Waals surface area contributed by atoms with Crippen molar-refractivity contribution in [1.29, 1.82) is 0 Å². The van der Waals surface area contributed by atoms with Crippen molar-refractivity contribution in [3.8, 4) is 0 Å². The minimum Gasteiger partial charge on any atom is -0.444 e. The summed E-state index contributed by atoms with van der Waals surface area (Å²) in [6.45, 7) is 5.23. The third-order valence-corrected chi connectivity index (χ3v) is 1.60. The Kier molecular flexibility index (Phi) is 3.65. The predicted octanol–water partition coefficient (Wildman–Crippen LogP) is 0.409. The molecule has 1 saturated heterocycles. The van der Waals surface area contributed by atoms with Crippen molar-refractivity contribution in [3.05, 3.63) is 0 Å². The van der Waals surface area contributed by atoms with Crippen LogP contribution in [0.2, 0.25) is 0 Å². The SMILES string of the molecule is CC(C)(C)OC(=O)NC1OCOC1C=O. The Morgan fingerprint density at radius 3 is 2.67 bits per heavy atom. The van der Waals surface area contributed by atoms with Gasteiger partial charge < -0.3 is 19.0 Å². The van der Waals surface area contributed by atoms with E-state index in [1.807, 2.05) is 0 Å². The molecule has 15 heavy (non-hydrogen) atoms. The summed E-state index contributed by atoms with van der Waals surface area (Å²) in [5, 5.41) is 2.40. The van der Waals surface area contributed by atoms with Gasteiger partial charge in [0.1, 0.15) is 5.60 Å². The topological polar surface area (TPSA) is 73.9 Å². The summed E-state index contributed by atoms with van der Waals surface area (Å²) in [5.74, 6) is 0.